The molecule has 0 unspecified atom stereocenters. The maximum absolute atomic E-state index is 12.3. The number of benzene rings is 2. The minimum atomic E-state index is -0.584. The van der Waals surface area contributed by atoms with Crippen LogP contribution in [0, 0.1) is 10.1 Å². The molecule has 1 amide bonds. The van der Waals surface area contributed by atoms with E-state index in [9.17, 15) is 14.9 Å². The van der Waals surface area contributed by atoms with E-state index >= 15 is 0 Å². The lowest BCUT2D eigenvalue weighted by atomic mass is 10.2. The molecule has 8 heteroatoms. The van der Waals surface area contributed by atoms with E-state index in [0.717, 1.165) is 6.42 Å². The van der Waals surface area contributed by atoms with E-state index in [1.165, 1.54) is 30.3 Å². The molecule has 126 valence electrons. The van der Waals surface area contributed by atoms with Crippen molar-refractivity contribution < 1.29 is 14.5 Å². The zero-order valence-corrected chi connectivity index (χ0v) is 14.2. The number of carbonyl (C=O) groups excluding carboxylic acids is 1. The van der Waals surface area contributed by atoms with Crippen LogP contribution in [0.15, 0.2) is 36.4 Å². The number of nitro groups is 1. The summed E-state index contributed by atoms with van der Waals surface area (Å²) < 4.78 is 5.37. The summed E-state index contributed by atoms with van der Waals surface area (Å²) in [7, 11) is 0. The van der Waals surface area contributed by atoms with Gasteiger partial charge in [0.1, 0.15) is 11.4 Å². The van der Waals surface area contributed by atoms with Crippen LogP contribution >= 0.6 is 23.2 Å². The Morgan fingerprint density at radius 2 is 1.88 bits per heavy atom. The first kappa shape index (κ1) is 18.0. The Bertz CT molecular complexity index is 760. The van der Waals surface area contributed by atoms with Gasteiger partial charge in [-0.05, 0) is 36.8 Å². The van der Waals surface area contributed by atoms with Gasteiger partial charge in [0.05, 0.1) is 17.6 Å². The summed E-state index contributed by atoms with van der Waals surface area (Å²) in [4.78, 5) is 22.9. The fourth-order valence-electron chi connectivity index (χ4n) is 1.96. The van der Waals surface area contributed by atoms with Crippen LogP contribution in [0.4, 0.5) is 11.4 Å². The van der Waals surface area contributed by atoms with E-state index in [1.54, 1.807) is 6.07 Å². The van der Waals surface area contributed by atoms with Gasteiger partial charge in [0, 0.05) is 15.6 Å². The highest BCUT2D eigenvalue weighted by atomic mass is 35.5. The average molecular weight is 369 g/mol. The second-order valence-corrected chi connectivity index (χ2v) is 5.77. The Balaban J connectivity index is 2.27. The molecule has 24 heavy (non-hydrogen) atoms. The molecule has 0 radical (unpaired) electrons. The van der Waals surface area contributed by atoms with Crippen molar-refractivity contribution in [1.82, 2.24) is 0 Å². The predicted octanol–water partition coefficient (Wildman–Crippen LogP) is 4.94. The molecule has 0 aliphatic heterocycles. The zero-order valence-electron chi connectivity index (χ0n) is 12.7. The molecule has 0 bridgehead atoms. The number of nitro benzene ring substituents is 1. The van der Waals surface area contributed by atoms with Gasteiger partial charge in [0.15, 0.2) is 0 Å². The molecule has 0 spiro atoms. The van der Waals surface area contributed by atoms with Crippen molar-refractivity contribution in [2.45, 2.75) is 13.3 Å². The standard InChI is InChI=1S/C16H14Cl2N2O4/c1-2-5-24-13-3-4-14(15(9-13)20(22)23)19-16(21)10-6-11(17)8-12(18)7-10/h3-4,6-9H,2,5H2,1H3,(H,19,21). The highest BCUT2D eigenvalue weighted by molar-refractivity contribution is 6.35. The van der Waals surface area contributed by atoms with E-state index in [-0.39, 0.29) is 16.9 Å². The maximum Gasteiger partial charge on any atom is 0.296 e. The summed E-state index contributed by atoms with van der Waals surface area (Å²) in [6.45, 7) is 2.38. The van der Waals surface area contributed by atoms with Gasteiger partial charge in [-0.2, -0.15) is 0 Å². The molecule has 0 saturated carbocycles. The zero-order chi connectivity index (χ0) is 17.7. The lowest BCUT2D eigenvalue weighted by Gasteiger charge is -2.09. The summed E-state index contributed by atoms with van der Waals surface area (Å²) in [5, 5.41) is 14.3. The number of ether oxygens (including phenoxy) is 1. The Hall–Kier alpha value is -2.31. The number of halogens is 2. The quantitative estimate of drug-likeness (QED) is 0.577. The fraction of sp³-hybridized carbons (Fsp3) is 0.188. The lowest BCUT2D eigenvalue weighted by molar-refractivity contribution is -0.384. The summed E-state index contributed by atoms with van der Waals surface area (Å²) in [6.07, 6.45) is 0.780. The molecule has 0 atom stereocenters. The van der Waals surface area contributed by atoms with Gasteiger partial charge >= 0.3 is 0 Å². The van der Waals surface area contributed by atoms with E-state index in [4.69, 9.17) is 27.9 Å². The summed E-state index contributed by atoms with van der Waals surface area (Å²) >= 11 is 11.7. The van der Waals surface area contributed by atoms with Gasteiger partial charge in [0.2, 0.25) is 0 Å². The first-order valence-electron chi connectivity index (χ1n) is 7.09. The van der Waals surface area contributed by atoms with Crippen LogP contribution in [0.5, 0.6) is 5.75 Å². The molecular weight excluding hydrogens is 355 g/mol. The molecule has 0 aromatic heterocycles. The van der Waals surface area contributed by atoms with Crippen LogP contribution in [0.3, 0.4) is 0 Å². The Morgan fingerprint density at radius 1 is 1.21 bits per heavy atom. The minimum Gasteiger partial charge on any atom is -0.493 e. The van der Waals surface area contributed by atoms with Crippen molar-refractivity contribution in [3.63, 3.8) is 0 Å². The predicted molar refractivity (Wildman–Crippen MR) is 93.3 cm³/mol. The molecule has 0 fully saturated rings. The van der Waals surface area contributed by atoms with Crippen molar-refractivity contribution >= 4 is 40.5 Å². The number of anilines is 1. The van der Waals surface area contributed by atoms with Crippen LogP contribution in [-0.4, -0.2) is 17.4 Å². The third kappa shape index (κ3) is 4.59. The molecule has 1 N–H and O–H groups in total. The average Bonchev–Trinajstić information content (AvgIpc) is 2.52. The molecule has 0 heterocycles. The molecular formula is C16H14Cl2N2O4. The Morgan fingerprint density at radius 3 is 2.46 bits per heavy atom. The topological polar surface area (TPSA) is 81.5 Å². The molecule has 0 saturated heterocycles. The molecule has 2 aromatic rings. The van der Waals surface area contributed by atoms with Crippen molar-refractivity contribution in [2.24, 2.45) is 0 Å². The van der Waals surface area contributed by atoms with Crippen LogP contribution < -0.4 is 10.1 Å². The number of amides is 1. The van der Waals surface area contributed by atoms with Gasteiger partial charge in [-0.15, -0.1) is 0 Å². The number of nitrogens with one attached hydrogen (secondary N) is 1. The summed E-state index contributed by atoms with van der Waals surface area (Å²) in [5.41, 5.74) is 0.00290. The maximum atomic E-state index is 12.3. The largest absolute Gasteiger partial charge is 0.493 e. The van der Waals surface area contributed by atoms with Crippen LogP contribution in [0.25, 0.3) is 0 Å². The van der Waals surface area contributed by atoms with Crippen molar-refractivity contribution in [2.75, 3.05) is 11.9 Å². The van der Waals surface area contributed by atoms with E-state index in [2.05, 4.69) is 5.32 Å². The number of carbonyl (C=O) groups is 1. The van der Waals surface area contributed by atoms with Gasteiger partial charge in [-0.25, -0.2) is 0 Å². The summed E-state index contributed by atoms with van der Waals surface area (Å²) in [6, 6.07) is 8.59. The van der Waals surface area contributed by atoms with Crippen LogP contribution in [0.1, 0.15) is 23.7 Å². The highest BCUT2D eigenvalue weighted by Crippen LogP contribution is 2.30. The third-order valence-corrected chi connectivity index (χ3v) is 3.45. The van der Waals surface area contributed by atoms with Crippen molar-refractivity contribution in [1.29, 1.82) is 0 Å². The van der Waals surface area contributed by atoms with E-state index in [1.807, 2.05) is 6.92 Å². The highest BCUT2D eigenvalue weighted by Gasteiger charge is 2.18. The molecule has 2 rings (SSSR count). The molecule has 2 aromatic carbocycles. The fourth-order valence-corrected chi connectivity index (χ4v) is 2.48. The van der Waals surface area contributed by atoms with Crippen molar-refractivity contribution in [3.8, 4) is 5.75 Å². The van der Waals surface area contributed by atoms with E-state index < -0.39 is 10.8 Å². The first-order chi connectivity index (χ1) is 11.4. The van der Waals surface area contributed by atoms with Gasteiger partial charge < -0.3 is 10.1 Å². The number of rotatable bonds is 6. The second kappa shape index (κ2) is 7.99. The number of nitrogens with zero attached hydrogens (tertiary/aromatic N) is 1. The van der Waals surface area contributed by atoms with Crippen LogP contribution in [0.2, 0.25) is 10.0 Å². The molecule has 0 aliphatic rings. The van der Waals surface area contributed by atoms with Gasteiger partial charge in [-0.3, -0.25) is 14.9 Å². The number of hydrogen-bond acceptors (Lipinski definition) is 4. The van der Waals surface area contributed by atoms with Crippen molar-refractivity contribution in [3.05, 3.63) is 62.1 Å². The molecule has 0 aliphatic carbocycles. The Labute approximate surface area is 148 Å². The first-order valence-corrected chi connectivity index (χ1v) is 7.85. The minimum absolute atomic E-state index is 0.0601. The Kier molecular flexibility index (Phi) is 6.00. The van der Waals surface area contributed by atoms with Crippen LogP contribution in [-0.2, 0) is 0 Å². The molecule has 6 nitrogen and oxygen atoms in total. The SMILES string of the molecule is CCCOc1ccc(NC(=O)c2cc(Cl)cc(Cl)c2)c([N+](=O)[O-])c1. The van der Waals surface area contributed by atoms with E-state index in [0.29, 0.717) is 22.4 Å². The smallest absolute Gasteiger partial charge is 0.296 e. The monoisotopic (exact) mass is 368 g/mol. The summed E-state index contributed by atoms with van der Waals surface area (Å²) in [5.74, 6) is -0.183. The van der Waals surface area contributed by atoms with Gasteiger partial charge in [0.25, 0.3) is 11.6 Å². The normalized spacial score (nSPS) is 10.3. The second-order valence-electron chi connectivity index (χ2n) is 4.90. The van der Waals surface area contributed by atoms with Gasteiger partial charge in [-0.1, -0.05) is 30.1 Å². The lowest BCUT2D eigenvalue weighted by Crippen LogP contribution is -2.13. The third-order valence-electron chi connectivity index (χ3n) is 3.01. The number of hydrogen-bond donors (Lipinski definition) is 1.